The number of nitrogens with zero attached hydrogens (tertiary/aromatic N) is 3. The Morgan fingerprint density at radius 2 is 2.11 bits per heavy atom. The van der Waals surface area contributed by atoms with Crippen LogP contribution in [0.4, 0.5) is 10.1 Å². The third-order valence-corrected chi connectivity index (χ3v) is 2.31. The summed E-state index contributed by atoms with van der Waals surface area (Å²) in [6.45, 7) is 1.69. The predicted molar refractivity (Wildman–Crippen MR) is 64.9 cm³/mol. The fourth-order valence-corrected chi connectivity index (χ4v) is 1.59. The molecule has 0 saturated heterocycles. The van der Waals surface area contributed by atoms with Crippen LogP contribution in [0.25, 0.3) is 0 Å². The number of hydrogen-bond donors (Lipinski definition) is 0. The smallest absolute Gasteiger partial charge is 0.305 e. The highest BCUT2D eigenvalue weighted by Crippen LogP contribution is 2.26. The van der Waals surface area contributed by atoms with Crippen LogP contribution in [0.2, 0.25) is 5.28 Å². The number of halogens is 2. The molecule has 0 aliphatic carbocycles. The number of nitro benzene ring substituents is 1. The number of ether oxygens (including phenoxy) is 1. The summed E-state index contributed by atoms with van der Waals surface area (Å²) in [7, 11) is 0. The van der Waals surface area contributed by atoms with Gasteiger partial charge in [-0.3, -0.25) is 10.1 Å². The molecule has 1 heterocycles. The van der Waals surface area contributed by atoms with E-state index in [0.29, 0.717) is 5.69 Å². The van der Waals surface area contributed by atoms with Gasteiger partial charge in [-0.15, -0.1) is 0 Å². The Balaban J connectivity index is 2.28. The van der Waals surface area contributed by atoms with Crippen molar-refractivity contribution in [3.05, 3.63) is 51.2 Å². The standard InChI is InChI=1S/C11H7ClFN3O3/c1-6-4-10(15-11(12)14-6)19-7-2-3-9(16(17)18)8(13)5-7/h2-5H,1H3. The quantitative estimate of drug-likeness (QED) is 0.491. The molecule has 19 heavy (non-hydrogen) atoms. The third kappa shape index (κ3) is 3.14. The molecule has 0 spiro atoms. The van der Waals surface area contributed by atoms with Crippen LogP contribution in [-0.2, 0) is 0 Å². The fourth-order valence-electron chi connectivity index (χ4n) is 1.38. The van der Waals surface area contributed by atoms with Crippen LogP contribution in [0.3, 0.4) is 0 Å². The topological polar surface area (TPSA) is 78.2 Å². The zero-order valence-electron chi connectivity index (χ0n) is 9.63. The molecule has 0 saturated carbocycles. The Labute approximate surface area is 112 Å². The maximum atomic E-state index is 13.4. The van der Waals surface area contributed by atoms with E-state index in [1.165, 1.54) is 12.1 Å². The molecule has 0 aliphatic rings. The van der Waals surface area contributed by atoms with Crippen LogP contribution in [0.15, 0.2) is 24.3 Å². The Morgan fingerprint density at radius 1 is 1.37 bits per heavy atom. The van der Waals surface area contributed by atoms with Crippen LogP contribution in [-0.4, -0.2) is 14.9 Å². The molecule has 0 N–H and O–H groups in total. The van der Waals surface area contributed by atoms with Crippen LogP contribution in [0, 0.1) is 22.9 Å². The Kier molecular flexibility index (Phi) is 3.57. The summed E-state index contributed by atoms with van der Waals surface area (Å²) in [5, 5.41) is 10.5. The van der Waals surface area contributed by atoms with Crippen molar-refractivity contribution in [1.82, 2.24) is 9.97 Å². The number of aryl methyl sites for hydroxylation is 1. The second-order valence-electron chi connectivity index (χ2n) is 3.59. The molecule has 1 aromatic heterocycles. The average molecular weight is 284 g/mol. The van der Waals surface area contributed by atoms with Crippen molar-refractivity contribution in [2.45, 2.75) is 6.92 Å². The molecule has 2 aromatic rings. The van der Waals surface area contributed by atoms with E-state index in [1.54, 1.807) is 6.92 Å². The molecule has 98 valence electrons. The lowest BCUT2D eigenvalue weighted by Crippen LogP contribution is -1.95. The molecule has 8 heteroatoms. The van der Waals surface area contributed by atoms with Gasteiger partial charge in [0.05, 0.1) is 4.92 Å². The molecule has 1 aromatic carbocycles. The molecule has 0 amide bonds. The van der Waals surface area contributed by atoms with Crippen molar-refractivity contribution >= 4 is 17.3 Å². The van der Waals surface area contributed by atoms with Gasteiger partial charge in [-0.05, 0) is 24.6 Å². The van der Waals surface area contributed by atoms with Gasteiger partial charge < -0.3 is 4.74 Å². The number of rotatable bonds is 3. The highest BCUT2D eigenvalue weighted by molar-refractivity contribution is 6.28. The summed E-state index contributed by atoms with van der Waals surface area (Å²) in [6.07, 6.45) is 0. The van der Waals surface area contributed by atoms with E-state index in [0.717, 1.165) is 12.1 Å². The van der Waals surface area contributed by atoms with Crippen molar-refractivity contribution < 1.29 is 14.1 Å². The number of aromatic nitrogens is 2. The molecule has 0 unspecified atom stereocenters. The number of benzene rings is 1. The summed E-state index contributed by atoms with van der Waals surface area (Å²) >= 11 is 5.65. The molecule has 6 nitrogen and oxygen atoms in total. The van der Waals surface area contributed by atoms with Crippen LogP contribution >= 0.6 is 11.6 Å². The fraction of sp³-hybridized carbons (Fsp3) is 0.0909. The van der Waals surface area contributed by atoms with Crippen LogP contribution < -0.4 is 4.74 Å². The summed E-state index contributed by atoms with van der Waals surface area (Å²) in [4.78, 5) is 17.3. The molecular weight excluding hydrogens is 277 g/mol. The lowest BCUT2D eigenvalue weighted by molar-refractivity contribution is -0.387. The first-order valence-corrected chi connectivity index (χ1v) is 5.46. The largest absolute Gasteiger partial charge is 0.439 e. The van der Waals surface area contributed by atoms with Crippen molar-refractivity contribution in [2.75, 3.05) is 0 Å². The maximum Gasteiger partial charge on any atom is 0.305 e. The van der Waals surface area contributed by atoms with Gasteiger partial charge in [0.2, 0.25) is 17.0 Å². The average Bonchev–Trinajstić information content (AvgIpc) is 2.26. The molecular formula is C11H7ClFN3O3. The summed E-state index contributed by atoms with van der Waals surface area (Å²) in [6, 6.07) is 4.70. The van der Waals surface area contributed by atoms with Crippen molar-refractivity contribution in [2.24, 2.45) is 0 Å². The van der Waals surface area contributed by atoms with Gasteiger partial charge in [-0.1, -0.05) is 0 Å². The molecule has 0 bridgehead atoms. The first-order chi connectivity index (χ1) is 8.95. The molecule has 2 rings (SSSR count). The first-order valence-electron chi connectivity index (χ1n) is 5.08. The van der Waals surface area contributed by atoms with Crippen LogP contribution in [0.5, 0.6) is 11.6 Å². The van der Waals surface area contributed by atoms with Crippen LogP contribution in [0.1, 0.15) is 5.69 Å². The van der Waals surface area contributed by atoms with Gasteiger partial charge in [-0.2, -0.15) is 9.37 Å². The predicted octanol–water partition coefficient (Wildman–Crippen LogP) is 3.28. The Bertz CT molecular complexity index is 631. The van der Waals surface area contributed by atoms with E-state index in [-0.39, 0.29) is 16.9 Å². The third-order valence-electron chi connectivity index (χ3n) is 2.14. The Morgan fingerprint density at radius 3 is 2.68 bits per heavy atom. The van der Waals surface area contributed by atoms with E-state index in [9.17, 15) is 14.5 Å². The van der Waals surface area contributed by atoms with Crippen molar-refractivity contribution in [3.8, 4) is 11.6 Å². The van der Waals surface area contributed by atoms with E-state index in [2.05, 4.69) is 9.97 Å². The van der Waals surface area contributed by atoms with Gasteiger partial charge >= 0.3 is 5.69 Å². The highest BCUT2D eigenvalue weighted by Gasteiger charge is 2.15. The SMILES string of the molecule is Cc1cc(Oc2ccc([N+](=O)[O-])c(F)c2)nc(Cl)n1. The van der Waals surface area contributed by atoms with Gasteiger partial charge in [0, 0.05) is 23.9 Å². The minimum absolute atomic E-state index is 0.00242. The normalized spacial score (nSPS) is 10.3. The van der Waals surface area contributed by atoms with E-state index < -0.39 is 16.4 Å². The summed E-state index contributed by atoms with van der Waals surface area (Å²) in [5.41, 5.74) is -0.0402. The van der Waals surface area contributed by atoms with E-state index >= 15 is 0 Å². The van der Waals surface area contributed by atoms with Gasteiger partial charge in [0.1, 0.15) is 5.75 Å². The number of hydrogen-bond acceptors (Lipinski definition) is 5. The van der Waals surface area contributed by atoms with Crippen molar-refractivity contribution in [1.29, 1.82) is 0 Å². The lowest BCUT2D eigenvalue weighted by atomic mass is 10.3. The van der Waals surface area contributed by atoms with E-state index in [4.69, 9.17) is 16.3 Å². The molecule has 0 aliphatic heterocycles. The van der Waals surface area contributed by atoms with Gasteiger partial charge in [-0.25, -0.2) is 4.98 Å². The molecule has 0 radical (unpaired) electrons. The minimum Gasteiger partial charge on any atom is -0.439 e. The van der Waals surface area contributed by atoms with E-state index in [1.807, 2.05) is 0 Å². The van der Waals surface area contributed by atoms with Gasteiger partial charge in [0.25, 0.3) is 0 Å². The highest BCUT2D eigenvalue weighted by atomic mass is 35.5. The summed E-state index contributed by atoms with van der Waals surface area (Å²) < 4.78 is 18.6. The zero-order chi connectivity index (χ0) is 14.0. The second kappa shape index (κ2) is 5.15. The lowest BCUT2D eigenvalue weighted by Gasteiger charge is -2.05. The van der Waals surface area contributed by atoms with Crippen molar-refractivity contribution in [3.63, 3.8) is 0 Å². The van der Waals surface area contributed by atoms with Gasteiger partial charge in [0.15, 0.2) is 0 Å². The monoisotopic (exact) mass is 283 g/mol. The second-order valence-corrected chi connectivity index (χ2v) is 3.93. The first kappa shape index (κ1) is 13.2. The summed E-state index contributed by atoms with van der Waals surface area (Å²) in [5.74, 6) is -0.776. The maximum absolute atomic E-state index is 13.4. The Hall–Kier alpha value is -2.28. The number of nitro groups is 1. The molecule has 0 fully saturated rings. The minimum atomic E-state index is -0.987. The molecule has 0 atom stereocenters. The zero-order valence-corrected chi connectivity index (χ0v) is 10.4.